The van der Waals surface area contributed by atoms with Gasteiger partial charge in [0.05, 0.1) is 10.2 Å². The first-order chi connectivity index (χ1) is 7.32. The fourth-order valence-corrected chi connectivity index (χ4v) is 1.64. The van der Waals surface area contributed by atoms with Gasteiger partial charge in [0, 0.05) is 0 Å². The molecular formula is C9H7BrNO4S. The third kappa shape index (κ3) is 3.16. The number of rotatable bonds is 3. The van der Waals surface area contributed by atoms with Gasteiger partial charge in [-0.05, 0) is 34.1 Å². The van der Waals surface area contributed by atoms with Gasteiger partial charge in [-0.3, -0.25) is 9.35 Å². The van der Waals surface area contributed by atoms with Crippen molar-refractivity contribution in [3.05, 3.63) is 35.3 Å². The molecule has 0 aromatic heterocycles. The number of amides is 1. The van der Waals surface area contributed by atoms with Crippen molar-refractivity contribution >= 4 is 37.6 Å². The average Bonchev–Trinajstić information content (AvgIpc) is 2.16. The molecular weight excluding hydrogens is 298 g/mol. The number of benzene rings is 1. The van der Waals surface area contributed by atoms with E-state index in [0.29, 0.717) is 0 Å². The van der Waals surface area contributed by atoms with Crippen LogP contribution in [0.4, 0.5) is 5.69 Å². The lowest BCUT2D eigenvalue weighted by atomic mass is 10.3. The molecule has 85 valence electrons. The molecule has 1 radical (unpaired) electrons. The van der Waals surface area contributed by atoms with Crippen LogP contribution in [-0.2, 0) is 14.9 Å². The highest BCUT2D eigenvalue weighted by molar-refractivity contribution is 9.12. The van der Waals surface area contributed by atoms with Gasteiger partial charge in [0.25, 0.3) is 16.0 Å². The van der Waals surface area contributed by atoms with Crippen molar-refractivity contribution in [2.45, 2.75) is 4.90 Å². The topological polar surface area (TPSA) is 83.5 Å². The molecule has 0 atom stereocenters. The first kappa shape index (κ1) is 12.9. The highest BCUT2D eigenvalue weighted by atomic mass is 79.9. The second-order valence-electron chi connectivity index (χ2n) is 2.76. The first-order valence-corrected chi connectivity index (χ1v) is 6.19. The Morgan fingerprint density at radius 3 is 2.69 bits per heavy atom. The number of anilines is 1. The summed E-state index contributed by atoms with van der Waals surface area (Å²) in [6.45, 7) is 3.33. The molecule has 7 heteroatoms. The highest BCUT2D eigenvalue weighted by Gasteiger charge is 2.16. The highest BCUT2D eigenvalue weighted by Crippen LogP contribution is 2.21. The van der Waals surface area contributed by atoms with Gasteiger partial charge in [-0.2, -0.15) is 8.42 Å². The van der Waals surface area contributed by atoms with Gasteiger partial charge in [0.1, 0.15) is 4.90 Å². The quantitative estimate of drug-likeness (QED) is 0.656. The molecule has 0 aliphatic heterocycles. The molecule has 1 amide bonds. The first-order valence-electron chi connectivity index (χ1n) is 3.95. The van der Waals surface area contributed by atoms with Crippen molar-refractivity contribution in [2.75, 3.05) is 5.32 Å². The maximum absolute atomic E-state index is 11.2. The normalized spacial score (nSPS) is 10.9. The minimum absolute atomic E-state index is 0.0353. The summed E-state index contributed by atoms with van der Waals surface area (Å²) in [5.41, 5.74) is -0.0353. The zero-order valence-corrected chi connectivity index (χ0v) is 10.3. The van der Waals surface area contributed by atoms with Crippen molar-refractivity contribution in [3.8, 4) is 0 Å². The summed E-state index contributed by atoms with van der Waals surface area (Å²) in [5.74, 6) is -0.601. The zero-order chi connectivity index (χ0) is 12.3. The number of hydrogen-bond acceptors (Lipinski definition) is 3. The van der Waals surface area contributed by atoms with E-state index < -0.39 is 20.9 Å². The maximum atomic E-state index is 11.2. The van der Waals surface area contributed by atoms with Gasteiger partial charge in [0.2, 0.25) is 0 Å². The van der Waals surface area contributed by atoms with Gasteiger partial charge in [0.15, 0.2) is 0 Å². The van der Waals surface area contributed by atoms with Crippen LogP contribution < -0.4 is 5.32 Å². The lowest BCUT2D eigenvalue weighted by molar-refractivity contribution is -0.112. The van der Waals surface area contributed by atoms with E-state index in [4.69, 9.17) is 4.55 Å². The van der Waals surface area contributed by atoms with Crippen molar-refractivity contribution in [2.24, 2.45) is 0 Å². The Morgan fingerprint density at radius 2 is 2.19 bits per heavy atom. The van der Waals surface area contributed by atoms with Crippen LogP contribution in [0.1, 0.15) is 0 Å². The van der Waals surface area contributed by atoms with E-state index >= 15 is 0 Å². The molecule has 0 unspecified atom stereocenters. The third-order valence-electron chi connectivity index (χ3n) is 1.60. The van der Waals surface area contributed by atoms with Gasteiger partial charge < -0.3 is 5.32 Å². The summed E-state index contributed by atoms with van der Waals surface area (Å²) < 4.78 is 30.8. The molecule has 0 fully saturated rings. The summed E-state index contributed by atoms with van der Waals surface area (Å²) in [6, 6.07) is 6.25. The van der Waals surface area contributed by atoms with E-state index in [0.717, 1.165) is 6.07 Å². The van der Waals surface area contributed by atoms with Crippen LogP contribution >= 0.6 is 15.9 Å². The molecule has 1 aromatic carbocycles. The van der Waals surface area contributed by atoms with Crippen LogP contribution in [0, 0.1) is 6.07 Å². The van der Waals surface area contributed by atoms with Crippen LogP contribution in [0.5, 0.6) is 0 Å². The van der Waals surface area contributed by atoms with E-state index in [1.807, 2.05) is 0 Å². The van der Waals surface area contributed by atoms with Crippen LogP contribution in [0.15, 0.2) is 34.2 Å². The molecule has 0 spiro atoms. The molecule has 0 heterocycles. The molecule has 16 heavy (non-hydrogen) atoms. The zero-order valence-electron chi connectivity index (χ0n) is 7.90. The minimum atomic E-state index is -4.40. The number of hydrogen-bond donors (Lipinski definition) is 2. The molecule has 1 rings (SSSR count). The Labute approximate surface area is 101 Å². The standard InChI is InChI=1S/C9H7BrNO4S/c1-6(10)9(12)11-7-4-2-3-5-8(7)16(13,14)15/h2,4-5H,1H2,(H,11,12)(H,13,14,15). The lowest BCUT2D eigenvalue weighted by Crippen LogP contribution is -2.13. The fourth-order valence-electron chi connectivity index (χ4n) is 0.922. The maximum Gasteiger partial charge on any atom is 0.296 e. The van der Waals surface area contributed by atoms with Crippen molar-refractivity contribution in [1.29, 1.82) is 0 Å². The average molecular weight is 305 g/mol. The van der Waals surface area contributed by atoms with Gasteiger partial charge in [-0.1, -0.05) is 12.6 Å². The van der Waals surface area contributed by atoms with Crippen molar-refractivity contribution < 1.29 is 17.8 Å². The van der Waals surface area contributed by atoms with Crippen LogP contribution in [0.2, 0.25) is 0 Å². The van der Waals surface area contributed by atoms with E-state index in [1.54, 1.807) is 0 Å². The molecule has 5 nitrogen and oxygen atoms in total. The molecule has 2 N–H and O–H groups in total. The number of carbonyl (C=O) groups excluding carboxylic acids is 1. The molecule has 0 aliphatic rings. The van der Waals surface area contributed by atoms with Crippen LogP contribution in [0.25, 0.3) is 0 Å². The summed E-state index contributed by atoms with van der Waals surface area (Å²) in [6.07, 6.45) is 0. The molecule has 0 saturated heterocycles. The predicted molar refractivity (Wildman–Crippen MR) is 61.8 cm³/mol. The largest absolute Gasteiger partial charge is 0.320 e. The third-order valence-corrected chi connectivity index (χ3v) is 2.85. The Morgan fingerprint density at radius 1 is 1.56 bits per heavy atom. The fraction of sp³-hybridized carbons (Fsp3) is 0. The van der Waals surface area contributed by atoms with Crippen LogP contribution in [-0.4, -0.2) is 18.9 Å². The second kappa shape index (κ2) is 4.77. The Kier molecular flexibility index (Phi) is 3.84. The van der Waals surface area contributed by atoms with E-state index in [2.05, 4.69) is 33.9 Å². The van der Waals surface area contributed by atoms with E-state index in [9.17, 15) is 13.2 Å². The monoisotopic (exact) mass is 304 g/mol. The second-order valence-corrected chi connectivity index (χ2v) is 5.10. The summed E-state index contributed by atoms with van der Waals surface area (Å²) in [7, 11) is -4.40. The summed E-state index contributed by atoms with van der Waals surface area (Å²) in [5, 5.41) is 2.27. The van der Waals surface area contributed by atoms with E-state index in [-0.39, 0.29) is 10.2 Å². The Balaban J connectivity index is 3.16. The Bertz CT molecular complexity index is 538. The van der Waals surface area contributed by atoms with Crippen LogP contribution in [0.3, 0.4) is 0 Å². The summed E-state index contributed by atoms with van der Waals surface area (Å²) in [4.78, 5) is 10.8. The lowest BCUT2D eigenvalue weighted by Gasteiger charge is -2.07. The SMILES string of the molecule is C=C(Br)C(=O)Nc1cc[c]cc1S(=O)(=O)O. The summed E-state index contributed by atoms with van der Waals surface area (Å²) >= 11 is 2.85. The smallest absolute Gasteiger partial charge is 0.296 e. The minimum Gasteiger partial charge on any atom is -0.320 e. The predicted octanol–water partition coefficient (Wildman–Crippen LogP) is 1.58. The van der Waals surface area contributed by atoms with Gasteiger partial charge >= 0.3 is 0 Å². The number of halogens is 1. The number of nitrogens with one attached hydrogen (secondary N) is 1. The van der Waals surface area contributed by atoms with Crippen molar-refractivity contribution in [1.82, 2.24) is 0 Å². The molecule has 1 aromatic rings. The molecule has 0 aliphatic carbocycles. The Hall–Kier alpha value is -1.18. The molecule has 0 bridgehead atoms. The van der Waals surface area contributed by atoms with Gasteiger partial charge in [-0.15, -0.1) is 0 Å². The molecule has 0 saturated carbocycles. The number of carbonyl (C=O) groups is 1. The van der Waals surface area contributed by atoms with E-state index in [1.165, 1.54) is 12.1 Å². The van der Waals surface area contributed by atoms with Crippen molar-refractivity contribution in [3.63, 3.8) is 0 Å². The van der Waals surface area contributed by atoms with Gasteiger partial charge in [-0.25, -0.2) is 0 Å².